The Morgan fingerprint density at radius 2 is 1.70 bits per heavy atom. The Balaban J connectivity index is 1.37. The summed E-state index contributed by atoms with van der Waals surface area (Å²) in [6, 6.07) is 7.04. The van der Waals surface area contributed by atoms with Gasteiger partial charge in [-0.2, -0.15) is 0 Å². The van der Waals surface area contributed by atoms with Gasteiger partial charge in [-0.25, -0.2) is 4.39 Å². The molecule has 0 unspecified atom stereocenters. The molecule has 2 atom stereocenters. The summed E-state index contributed by atoms with van der Waals surface area (Å²) in [6.07, 6.45) is 6.06. The van der Waals surface area contributed by atoms with Gasteiger partial charge in [-0.3, -0.25) is 4.79 Å². The summed E-state index contributed by atoms with van der Waals surface area (Å²) in [7, 11) is 0. The Morgan fingerprint density at radius 3 is 2.25 bits per heavy atom. The molecular weight excluding hydrogens is 253 g/mol. The van der Waals surface area contributed by atoms with Crippen LogP contribution in [0.5, 0.6) is 0 Å². The van der Waals surface area contributed by atoms with Crippen LogP contribution in [-0.2, 0) is 4.79 Å². The lowest BCUT2D eigenvalue weighted by Gasteiger charge is -2.17. The van der Waals surface area contributed by atoms with Crippen LogP contribution in [0, 0.1) is 23.6 Å². The number of carbonyl (C=O) groups excluding carboxylic acids is 1. The zero-order chi connectivity index (χ0) is 13.7. The minimum atomic E-state index is -0.210. The predicted molar refractivity (Wildman–Crippen MR) is 74.6 cm³/mol. The highest BCUT2D eigenvalue weighted by Crippen LogP contribution is 2.49. The monoisotopic (exact) mass is 273 g/mol. The van der Waals surface area contributed by atoms with E-state index in [2.05, 4.69) is 5.32 Å². The summed E-state index contributed by atoms with van der Waals surface area (Å²) >= 11 is 0. The number of amides is 1. The highest BCUT2D eigenvalue weighted by molar-refractivity contribution is 5.83. The van der Waals surface area contributed by atoms with E-state index in [4.69, 9.17) is 0 Å². The first-order valence-electron chi connectivity index (χ1n) is 7.78. The van der Waals surface area contributed by atoms with E-state index in [1.54, 1.807) is 0 Å². The van der Waals surface area contributed by atoms with Crippen LogP contribution in [0.2, 0.25) is 0 Å². The first kappa shape index (κ1) is 12.4. The molecule has 3 saturated carbocycles. The number of benzene rings is 1. The molecule has 3 aliphatic rings. The molecule has 0 aliphatic heterocycles. The van der Waals surface area contributed by atoms with Gasteiger partial charge in [0.05, 0.1) is 0 Å². The molecule has 20 heavy (non-hydrogen) atoms. The fourth-order valence-electron chi connectivity index (χ4n) is 3.37. The molecule has 1 aromatic carbocycles. The van der Waals surface area contributed by atoms with Crippen molar-refractivity contribution >= 4 is 5.91 Å². The Kier molecular flexibility index (Phi) is 2.83. The lowest BCUT2D eigenvalue weighted by atomic mass is 10.1. The molecular formula is C17H20FNO. The van der Waals surface area contributed by atoms with Gasteiger partial charge in [0.15, 0.2) is 0 Å². The number of hydrogen-bond acceptors (Lipinski definition) is 1. The molecule has 1 aromatic rings. The van der Waals surface area contributed by atoms with E-state index in [1.165, 1.54) is 37.8 Å². The van der Waals surface area contributed by atoms with Gasteiger partial charge < -0.3 is 5.32 Å². The number of nitrogens with one attached hydrogen (secondary N) is 1. The van der Waals surface area contributed by atoms with Crippen LogP contribution in [0.4, 0.5) is 4.39 Å². The van der Waals surface area contributed by atoms with Gasteiger partial charge in [0.25, 0.3) is 0 Å². The molecule has 1 N–H and O–H groups in total. The second-order valence-electron chi connectivity index (χ2n) is 6.71. The number of carbonyl (C=O) groups is 1. The molecule has 3 aliphatic carbocycles. The van der Waals surface area contributed by atoms with Crippen LogP contribution in [0.25, 0.3) is 0 Å². The molecule has 106 valence electrons. The van der Waals surface area contributed by atoms with Crippen molar-refractivity contribution in [2.45, 2.75) is 44.1 Å². The Morgan fingerprint density at radius 1 is 1.10 bits per heavy atom. The first-order chi connectivity index (χ1) is 9.72. The fraction of sp³-hybridized carbons (Fsp3) is 0.588. The van der Waals surface area contributed by atoms with E-state index < -0.39 is 0 Å². The summed E-state index contributed by atoms with van der Waals surface area (Å²) in [5.41, 5.74) is 1.10. The maximum absolute atomic E-state index is 12.9. The molecule has 2 nitrogen and oxygen atoms in total. The standard InChI is InChI=1S/C17H20FNO/c18-13-7-5-10(6-8-13)14-9-15(14)17(20)19-16(11-1-2-11)12-3-4-12/h5-8,11-12,14-16H,1-4,9H2,(H,19,20)/t14-,15+/m1/s1. The zero-order valence-electron chi connectivity index (χ0n) is 11.5. The smallest absolute Gasteiger partial charge is 0.223 e. The lowest BCUT2D eigenvalue weighted by molar-refractivity contribution is -0.123. The highest BCUT2D eigenvalue weighted by Gasteiger charge is 2.47. The Labute approximate surface area is 118 Å². The van der Waals surface area contributed by atoms with Gasteiger partial charge >= 0.3 is 0 Å². The van der Waals surface area contributed by atoms with Crippen molar-refractivity contribution in [3.05, 3.63) is 35.6 Å². The minimum Gasteiger partial charge on any atom is -0.353 e. The van der Waals surface area contributed by atoms with Gasteiger partial charge in [-0.1, -0.05) is 12.1 Å². The molecule has 3 fully saturated rings. The van der Waals surface area contributed by atoms with E-state index in [-0.39, 0.29) is 17.6 Å². The molecule has 0 radical (unpaired) electrons. The molecule has 0 bridgehead atoms. The van der Waals surface area contributed by atoms with Gasteiger partial charge in [0, 0.05) is 12.0 Å². The molecule has 1 amide bonds. The molecule has 0 spiro atoms. The molecule has 0 heterocycles. The van der Waals surface area contributed by atoms with E-state index in [0.29, 0.717) is 12.0 Å². The normalized spacial score (nSPS) is 28.5. The van der Waals surface area contributed by atoms with Crippen LogP contribution in [0.3, 0.4) is 0 Å². The average Bonchev–Trinajstić information content (AvgIpc) is 3.27. The number of rotatable bonds is 5. The fourth-order valence-corrected chi connectivity index (χ4v) is 3.37. The SMILES string of the molecule is O=C(NC(C1CC1)C1CC1)[C@H]1C[C@@H]1c1ccc(F)cc1. The van der Waals surface area contributed by atoms with Crippen molar-refractivity contribution in [1.82, 2.24) is 5.32 Å². The van der Waals surface area contributed by atoms with E-state index >= 15 is 0 Å². The van der Waals surface area contributed by atoms with Crippen LogP contribution in [0.1, 0.15) is 43.6 Å². The average molecular weight is 273 g/mol. The van der Waals surface area contributed by atoms with Crippen molar-refractivity contribution in [3.63, 3.8) is 0 Å². The van der Waals surface area contributed by atoms with Crippen LogP contribution >= 0.6 is 0 Å². The Hall–Kier alpha value is -1.38. The summed E-state index contributed by atoms with van der Waals surface area (Å²) in [5.74, 6) is 1.92. The maximum atomic E-state index is 12.9. The summed E-state index contributed by atoms with van der Waals surface area (Å²) < 4.78 is 12.9. The quantitative estimate of drug-likeness (QED) is 0.876. The molecule has 3 heteroatoms. The third-order valence-electron chi connectivity index (χ3n) is 4.99. The summed E-state index contributed by atoms with van der Waals surface area (Å²) in [6.45, 7) is 0. The topological polar surface area (TPSA) is 29.1 Å². The molecule has 4 rings (SSSR count). The first-order valence-corrected chi connectivity index (χ1v) is 7.78. The van der Waals surface area contributed by atoms with Gasteiger partial charge in [0.1, 0.15) is 5.82 Å². The van der Waals surface area contributed by atoms with Crippen LogP contribution < -0.4 is 5.32 Å². The third kappa shape index (κ3) is 2.46. The van der Waals surface area contributed by atoms with E-state index in [0.717, 1.165) is 23.8 Å². The summed E-state index contributed by atoms with van der Waals surface area (Å²) in [5, 5.41) is 3.30. The predicted octanol–water partition coefficient (Wildman–Crippen LogP) is 3.23. The molecule has 0 aromatic heterocycles. The number of hydrogen-bond donors (Lipinski definition) is 1. The van der Waals surface area contributed by atoms with E-state index in [9.17, 15) is 9.18 Å². The van der Waals surface area contributed by atoms with Gasteiger partial charge in [-0.15, -0.1) is 0 Å². The largest absolute Gasteiger partial charge is 0.353 e. The van der Waals surface area contributed by atoms with Gasteiger partial charge in [-0.05, 0) is 67.6 Å². The van der Waals surface area contributed by atoms with Gasteiger partial charge in [0.2, 0.25) is 5.91 Å². The zero-order valence-corrected chi connectivity index (χ0v) is 11.5. The van der Waals surface area contributed by atoms with Crippen LogP contribution in [0.15, 0.2) is 24.3 Å². The molecule has 0 saturated heterocycles. The van der Waals surface area contributed by atoms with Crippen molar-refractivity contribution in [3.8, 4) is 0 Å². The van der Waals surface area contributed by atoms with Crippen LogP contribution in [-0.4, -0.2) is 11.9 Å². The Bertz CT molecular complexity index is 506. The minimum absolute atomic E-state index is 0.112. The van der Waals surface area contributed by atoms with Crippen molar-refractivity contribution in [2.24, 2.45) is 17.8 Å². The summed E-state index contributed by atoms with van der Waals surface area (Å²) in [4.78, 5) is 12.3. The van der Waals surface area contributed by atoms with Crippen molar-refractivity contribution in [1.29, 1.82) is 0 Å². The van der Waals surface area contributed by atoms with Crippen molar-refractivity contribution < 1.29 is 9.18 Å². The number of halogens is 1. The maximum Gasteiger partial charge on any atom is 0.223 e. The second kappa shape index (κ2) is 4.57. The lowest BCUT2D eigenvalue weighted by Crippen LogP contribution is -2.39. The highest BCUT2D eigenvalue weighted by atomic mass is 19.1. The van der Waals surface area contributed by atoms with E-state index in [1.807, 2.05) is 12.1 Å². The van der Waals surface area contributed by atoms with Crippen molar-refractivity contribution in [2.75, 3.05) is 0 Å². The third-order valence-corrected chi connectivity index (χ3v) is 4.99. The second-order valence-corrected chi connectivity index (χ2v) is 6.71.